The molecular formula is C18H22ClF2N3O3S. The summed E-state index contributed by atoms with van der Waals surface area (Å²) in [6.07, 6.45) is 1.16. The largest absolute Gasteiger partial charge is 0.435 e. The number of hydrogen-bond donors (Lipinski definition) is 2. The lowest BCUT2D eigenvalue weighted by Gasteiger charge is -2.34. The third-order valence-electron chi connectivity index (χ3n) is 4.69. The number of nitrogens with zero attached hydrogens (tertiary/aromatic N) is 1. The average molecular weight is 434 g/mol. The van der Waals surface area contributed by atoms with Crippen LogP contribution in [0.3, 0.4) is 0 Å². The number of carbonyl (C=O) groups is 1. The highest BCUT2D eigenvalue weighted by molar-refractivity contribution is 7.16. The van der Waals surface area contributed by atoms with E-state index in [9.17, 15) is 13.6 Å². The predicted octanol–water partition coefficient (Wildman–Crippen LogP) is 3.84. The van der Waals surface area contributed by atoms with Crippen LogP contribution in [0.5, 0.6) is 5.75 Å². The van der Waals surface area contributed by atoms with Gasteiger partial charge in [-0.3, -0.25) is 4.79 Å². The molecule has 1 saturated heterocycles. The average Bonchev–Trinajstić information content (AvgIpc) is 3.02. The van der Waals surface area contributed by atoms with Crippen molar-refractivity contribution in [2.45, 2.75) is 26.4 Å². The lowest BCUT2D eigenvalue weighted by molar-refractivity contribution is -0.130. The number of anilines is 1. The number of nitrogens with two attached hydrogens (primary N) is 1. The smallest absolute Gasteiger partial charge is 0.387 e. The van der Waals surface area contributed by atoms with Crippen molar-refractivity contribution in [3.05, 3.63) is 29.1 Å². The van der Waals surface area contributed by atoms with Crippen molar-refractivity contribution in [2.75, 3.05) is 25.1 Å². The maximum absolute atomic E-state index is 12.8. The van der Waals surface area contributed by atoms with E-state index in [0.717, 1.165) is 10.4 Å². The van der Waals surface area contributed by atoms with Crippen LogP contribution < -0.4 is 15.8 Å². The lowest BCUT2D eigenvalue weighted by Crippen LogP contribution is -2.46. The van der Waals surface area contributed by atoms with E-state index in [1.165, 1.54) is 23.5 Å². The molecule has 0 aliphatic carbocycles. The van der Waals surface area contributed by atoms with Crippen LogP contribution in [-0.2, 0) is 9.53 Å². The van der Waals surface area contributed by atoms with Crippen molar-refractivity contribution in [2.24, 2.45) is 11.1 Å². The Kier molecular flexibility index (Phi) is 7.70. The summed E-state index contributed by atoms with van der Waals surface area (Å²) in [5.74, 6) is -0.0613. The quantitative estimate of drug-likeness (QED) is 0.722. The van der Waals surface area contributed by atoms with Crippen LogP contribution >= 0.6 is 23.7 Å². The third kappa shape index (κ3) is 4.96. The molecule has 28 heavy (non-hydrogen) atoms. The van der Waals surface area contributed by atoms with Gasteiger partial charge in [0.15, 0.2) is 5.13 Å². The van der Waals surface area contributed by atoms with E-state index in [1.54, 1.807) is 12.1 Å². The zero-order valence-corrected chi connectivity index (χ0v) is 16.9. The SMILES string of the molecule is Cc1sc(NC(=O)C2(CN)CCOCC2)nc1-c1ccc(OC(F)F)cc1.Cl. The number of hydrogen-bond acceptors (Lipinski definition) is 6. The van der Waals surface area contributed by atoms with E-state index in [-0.39, 0.29) is 30.6 Å². The van der Waals surface area contributed by atoms with Crippen LogP contribution in [0.1, 0.15) is 17.7 Å². The fraction of sp³-hybridized carbons (Fsp3) is 0.444. The first-order valence-corrected chi connectivity index (χ1v) is 9.37. The summed E-state index contributed by atoms with van der Waals surface area (Å²) in [4.78, 5) is 18.2. The summed E-state index contributed by atoms with van der Waals surface area (Å²) in [6, 6.07) is 6.24. The van der Waals surface area contributed by atoms with E-state index in [2.05, 4.69) is 15.0 Å². The first-order valence-electron chi connectivity index (χ1n) is 8.55. The number of thiazole rings is 1. The minimum atomic E-state index is -2.86. The van der Waals surface area contributed by atoms with Gasteiger partial charge in [0.1, 0.15) is 5.75 Å². The predicted molar refractivity (Wildman–Crippen MR) is 106 cm³/mol. The van der Waals surface area contributed by atoms with Crippen molar-refractivity contribution in [1.29, 1.82) is 0 Å². The first kappa shape index (κ1) is 22.5. The van der Waals surface area contributed by atoms with Crippen molar-refractivity contribution in [3.63, 3.8) is 0 Å². The summed E-state index contributed by atoms with van der Waals surface area (Å²) in [5.41, 5.74) is 6.68. The Bertz CT molecular complexity index is 796. The van der Waals surface area contributed by atoms with Gasteiger partial charge in [-0.25, -0.2) is 4.98 Å². The fourth-order valence-corrected chi connectivity index (χ4v) is 3.86. The molecule has 0 radical (unpaired) electrons. The first-order chi connectivity index (χ1) is 12.9. The molecule has 1 aliphatic rings. The van der Waals surface area contributed by atoms with Gasteiger partial charge in [-0.05, 0) is 44.0 Å². The van der Waals surface area contributed by atoms with Gasteiger partial charge in [-0.2, -0.15) is 8.78 Å². The van der Waals surface area contributed by atoms with Gasteiger partial charge in [-0.15, -0.1) is 23.7 Å². The minimum absolute atomic E-state index is 0. The molecule has 1 fully saturated rings. The lowest BCUT2D eigenvalue weighted by atomic mass is 9.79. The molecule has 0 saturated carbocycles. The van der Waals surface area contributed by atoms with Crippen LogP contribution in [0, 0.1) is 12.3 Å². The van der Waals surface area contributed by atoms with Gasteiger partial charge >= 0.3 is 6.61 Å². The summed E-state index contributed by atoms with van der Waals surface area (Å²) in [7, 11) is 0. The number of amides is 1. The minimum Gasteiger partial charge on any atom is -0.435 e. The molecule has 6 nitrogen and oxygen atoms in total. The molecule has 3 N–H and O–H groups in total. The molecule has 1 aromatic carbocycles. The van der Waals surface area contributed by atoms with Crippen LogP contribution in [0.25, 0.3) is 11.3 Å². The number of rotatable bonds is 6. The van der Waals surface area contributed by atoms with Crippen molar-refractivity contribution in [1.82, 2.24) is 4.98 Å². The molecule has 3 rings (SSSR count). The Labute approximate surface area is 171 Å². The van der Waals surface area contributed by atoms with Gasteiger partial charge < -0.3 is 20.5 Å². The molecular weight excluding hydrogens is 412 g/mol. The van der Waals surface area contributed by atoms with Crippen molar-refractivity contribution >= 4 is 34.8 Å². The monoisotopic (exact) mass is 433 g/mol. The van der Waals surface area contributed by atoms with Gasteiger partial charge in [0.05, 0.1) is 11.1 Å². The normalized spacial score (nSPS) is 15.8. The summed E-state index contributed by atoms with van der Waals surface area (Å²) >= 11 is 1.36. The number of benzene rings is 1. The molecule has 0 atom stereocenters. The number of carbonyl (C=O) groups excluding carboxylic acids is 1. The van der Waals surface area contributed by atoms with Crippen molar-refractivity contribution < 1.29 is 23.0 Å². The Balaban J connectivity index is 0.00000280. The Morgan fingerprint density at radius 1 is 1.36 bits per heavy atom. The highest BCUT2D eigenvalue weighted by Gasteiger charge is 2.39. The van der Waals surface area contributed by atoms with E-state index in [4.69, 9.17) is 10.5 Å². The standard InChI is InChI=1S/C18H21F2N3O3S.ClH/c1-11-14(12-2-4-13(5-3-12)26-16(19)20)22-17(27-11)23-15(24)18(10-21)6-8-25-9-7-18;/h2-5,16H,6-10,21H2,1H3,(H,22,23,24);1H. The molecule has 2 heterocycles. The Morgan fingerprint density at radius 2 is 2.00 bits per heavy atom. The second kappa shape index (κ2) is 9.60. The van der Waals surface area contributed by atoms with E-state index in [1.807, 2.05) is 6.92 Å². The maximum atomic E-state index is 12.8. The van der Waals surface area contributed by atoms with E-state index in [0.29, 0.717) is 36.9 Å². The highest BCUT2D eigenvalue weighted by Crippen LogP contribution is 2.34. The topological polar surface area (TPSA) is 86.5 Å². The van der Waals surface area contributed by atoms with Crippen LogP contribution in [0.15, 0.2) is 24.3 Å². The van der Waals surface area contributed by atoms with Crippen molar-refractivity contribution in [3.8, 4) is 17.0 Å². The molecule has 0 spiro atoms. The molecule has 0 bridgehead atoms. The molecule has 0 unspecified atom stereocenters. The molecule has 1 amide bonds. The second-order valence-electron chi connectivity index (χ2n) is 6.38. The number of aromatic nitrogens is 1. The van der Waals surface area contributed by atoms with Gasteiger partial charge in [0, 0.05) is 30.2 Å². The van der Waals surface area contributed by atoms with Gasteiger partial charge in [-0.1, -0.05) is 0 Å². The summed E-state index contributed by atoms with van der Waals surface area (Å²) in [5, 5.41) is 3.37. The van der Waals surface area contributed by atoms with Crippen LogP contribution in [-0.4, -0.2) is 37.3 Å². The number of nitrogens with one attached hydrogen (secondary N) is 1. The molecule has 1 aliphatic heterocycles. The molecule has 1 aromatic heterocycles. The Hall–Kier alpha value is -1.81. The summed E-state index contributed by atoms with van der Waals surface area (Å²) < 4.78 is 34.2. The number of alkyl halides is 2. The number of halogens is 3. The molecule has 10 heteroatoms. The number of ether oxygens (including phenoxy) is 2. The Morgan fingerprint density at radius 3 is 2.57 bits per heavy atom. The van der Waals surface area contributed by atoms with Crippen LogP contribution in [0.4, 0.5) is 13.9 Å². The summed E-state index contributed by atoms with van der Waals surface area (Å²) in [6.45, 7) is 0.308. The molecule has 2 aromatic rings. The number of aryl methyl sites for hydroxylation is 1. The zero-order valence-electron chi connectivity index (χ0n) is 15.2. The van der Waals surface area contributed by atoms with Gasteiger partial charge in [0.2, 0.25) is 5.91 Å². The zero-order chi connectivity index (χ0) is 19.4. The van der Waals surface area contributed by atoms with Crippen LogP contribution in [0.2, 0.25) is 0 Å². The molecule has 154 valence electrons. The fourth-order valence-electron chi connectivity index (χ4n) is 3.03. The highest BCUT2D eigenvalue weighted by atomic mass is 35.5. The van der Waals surface area contributed by atoms with E-state index >= 15 is 0 Å². The second-order valence-corrected chi connectivity index (χ2v) is 7.58. The van der Waals surface area contributed by atoms with Gasteiger partial charge in [0.25, 0.3) is 0 Å². The maximum Gasteiger partial charge on any atom is 0.387 e. The third-order valence-corrected chi connectivity index (χ3v) is 5.58. The van der Waals surface area contributed by atoms with E-state index < -0.39 is 12.0 Å².